The van der Waals surface area contributed by atoms with E-state index < -0.39 is 12.6 Å². The van der Waals surface area contributed by atoms with E-state index in [0.717, 1.165) is 32.5 Å². The summed E-state index contributed by atoms with van der Waals surface area (Å²) < 4.78 is 35.9. The van der Waals surface area contributed by atoms with Gasteiger partial charge in [0.1, 0.15) is 0 Å². The summed E-state index contributed by atoms with van der Waals surface area (Å²) in [6.45, 7) is 5.40. The van der Waals surface area contributed by atoms with Crippen molar-refractivity contribution in [2.24, 2.45) is 0 Å². The molecule has 1 N–H and O–H groups in total. The molecule has 96 valence electrons. The van der Waals surface area contributed by atoms with Crippen molar-refractivity contribution in [1.29, 1.82) is 0 Å². The molecule has 2 nitrogen and oxygen atoms in total. The molecule has 1 saturated heterocycles. The number of alkyl halides is 3. The second kappa shape index (κ2) is 6.45. The van der Waals surface area contributed by atoms with Gasteiger partial charge in [0, 0.05) is 19.0 Å². The number of nitrogens with zero attached hydrogens (tertiary/aromatic N) is 1. The van der Waals surface area contributed by atoms with Crippen LogP contribution in [0.5, 0.6) is 0 Å². The van der Waals surface area contributed by atoms with Crippen LogP contribution in [0.25, 0.3) is 0 Å². The minimum atomic E-state index is -4.00. The van der Waals surface area contributed by atoms with E-state index in [2.05, 4.69) is 17.1 Å². The number of hydrogen-bond acceptors (Lipinski definition) is 2. The van der Waals surface area contributed by atoms with E-state index in [4.69, 9.17) is 0 Å². The zero-order valence-electron chi connectivity index (χ0n) is 9.82. The highest BCUT2D eigenvalue weighted by atomic mass is 19.4. The third-order valence-corrected chi connectivity index (χ3v) is 2.93. The van der Waals surface area contributed by atoms with Crippen molar-refractivity contribution in [3.63, 3.8) is 0 Å². The highest BCUT2D eigenvalue weighted by molar-refractivity contribution is 4.77. The molecule has 0 amide bonds. The first-order valence-corrected chi connectivity index (χ1v) is 6.04. The number of likely N-dealkylation sites (N-methyl/N-ethyl adjacent to an activating group) is 1. The Balaban J connectivity index is 2.16. The van der Waals surface area contributed by atoms with Crippen LogP contribution in [0.2, 0.25) is 0 Å². The Kier molecular flexibility index (Phi) is 5.55. The molecule has 0 saturated carbocycles. The van der Waals surface area contributed by atoms with Crippen LogP contribution >= 0.6 is 0 Å². The fourth-order valence-electron chi connectivity index (χ4n) is 2.22. The van der Waals surface area contributed by atoms with Gasteiger partial charge in [-0.15, -0.1) is 0 Å². The van der Waals surface area contributed by atoms with Gasteiger partial charge in [0.05, 0.1) is 0 Å². The summed E-state index contributed by atoms with van der Waals surface area (Å²) in [5.41, 5.74) is 0. The third-order valence-electron chi connectivity index (χ3n) is 2.93. The Morgan fingerprint density at radius 1 is 1.38 bits per heavy atom. The normalized spacial score (nSPS) is 23.6. The largest absolute Gasteiger partial charge is 0.389 e. The maximum Gasteiger partial charge on any atom is 0.389 e. The highest BCUT2D eigenvalue weighted by Gasteiger charge is 2.27. The van der Waals surface area contributed by atoms with Gasteiger partial charge >= 0.3 is 6.18 Å². The quantitative estimate of drug-likeness (QED) is 0.791. The number of likely N-dealkylation sites (tertiary alicyclic amines) is 1. The van der Waals surface area contributed by atoms with Gasteiger partial charge in [0.2, 0.25) is 0 Å². The van der Waals surface area contributed by atoms with Crippen molar-refractivity contribution >= 4 is 0 Å². The van der Waals surface area contributed by atoms with E-state index in [0.29, 0.717) is 12.6 Å². The van der Waals surface area contributed by atoms with Gasteiger partial charge in [0.15, 0.2) is 0 Å². The molecule has 1 heterocycles. The Morgan fingerprint density at radius 2 is 2.12 bits per heavy atom. The zero-order valence-corrected chi connectivity index (χ0v) is 9.82. The van der Waals surface area contributed by atoms with Crippen LogP contribution in [0.1, 0.15) is 32.6 Å². The number of piperidine rings is 1. The fraction of sp³-hybridized carbons (Fsp3) is 1.00. The summed E-state index contributed by atoms with van der Waals surface area (Å²) in [6.07, 6.45) is -2.21. The molecule has 16 heavy (non-hydrogen) atoms. The molecule has 1 aliphatic heterocycles. The van der Waals surface area contributed by atoms with Crippen LogP contribution < -0.4 is 5.32 Å². The van der Waals surface area contributed by atoms with Gasteiger partial charge in [-0.3, -0.25) is 0 Å². The maximum absolute atomic E-state index is 12.0. The van der Waals surface area contributed by atoms with Crippen LogP contribution in [-0.2, 0) is 0 Å². The van der Waals surface area contributed by atoms with Crippen molar-refractivity contribution in [1.82, 2.24) is 10.2 Å². The second-order valence-corrected chi connectivity index (χ2v) is 4.42. The van der Waals surface area contributed by atoms with Crippen molar-refractivity contribution < 1.29 is 13.2 Å². The minimum absolute atomic E-state index is 0.225. The second-order valence-electron chi connectivity index (χ2n) is 4.42. The van der Waals surface area contributed by atoms with Crippen LogP contribution in [0.4, 0.5) is 13.2 Å². The van der Waals surface area contributed by atoms with Crippen LogP contribution in [0.3, 0.4) is 0 Å². The SMILES string of the molecule is CCNC1CCCN(CCCC(F)(F)F)C1. The Labute approximate surface area is 95.2 Å². The molecule has 0 bridgehead atoms. The lowest BCUT2D eigenvalue weighted by molar-refractivity contribution is -0.136. The lowest BCUT2D eigenvalue weighted by Crippen LogP contribution is -2.45. The molecule has 1 aliphatic rings. The average Bonchev–Trinajstić information content (AvgIpc) is 2.17. The van der Waals surface area contributed by atoms with Crippen molar-refractivity contribution in [2.45, 2.75) is 44.8 Å². The summed E-state index contributed by atoms with van der Waals surface area (Å²) in [4.78, 5) is 2.14. The molecule has 0 spiro atoms. The number of hydrogen-bond donors (Lipinski definition) is 1. The number of halogens is 3. The summed E-state index contributed by atoms with van der Waals surface area (Å²) in [5, 5.41) is 3.36. The van der Waals surface area contributed by atoms with Crippen LogP contribution in [0, 0.1) is 0 Å². The van der Waals surface area contributed by atoms with Crippen molar-refractivity contribution in [2.75, 3.05) is 26.2 Å². The topological polar surface area (TPSA) is 15.3 Å². The van der Waals surface area contributed by atoms with Gasteiger partial charge in [-0.1, -0.05) is 6.92 Å². The van der Waals surface area contributed by atoms with E-state index in [1.807, 2.05) is 0 Å². The summed E-state index contributed by atoms with van der Waals surface area (Å²) in [7, 11) is 0. The van der Waals surface area contributed by atoms with E-state index in [9.17, 15) is 13.2 Å². The molecule has 0 aliphatic carbocycles. The first kappa shape index (κ1) is 13.8. The standard InChI is InChI=1S/C11H21F3N2/c1-2-15-10-5-3-7-16(9-10)8-4-6-11(12,13)14/h10,15H,2-9H2,1H3. The van der Waals surface area contributed by atoms with Crippen molar-refractivity contribution in [3.8, 4) is 0 Å². The third kappa shape index (κ3) is 5.70. The molecular formula is C11H21F3N2. The van der Waals surface area contributed by atoms with E-state index in [1.54, 1.807) is 0 Å². The number of nitrogens with one attached hydrogen (secondary N) is 1. The minimum Gasteiger partial charge on any atom is -0.313 e. The molecule has 0 aromatic rings. The summed E-state index contributed by atoms with van der Waals surface area (Å²) >= 11 is 0. The van der Waals surface area contributed by atoms with E-state index in [1.165, 1.54) is 0 Å². The highest BCUT2D eigenvalue weighted by Crippen LogP contribution is 2.22. The molecule has 0 radical (unpaired) electrons. The molecule has 0 aromatic heterocycles. The maximum atomic E-state index is 12.0. The van der Waals surface area contributed by atoms with Gasteiger partial charge in [0.25, 0.3) is 0 Å². The van der Waals surface area contributed by atoms with Crippen molar-refractivity contribution in [3.05, 3.63) is 0 Å². The first-order chi connectivity index (χ1) is 7.51. The monoisotopic (exact) mass is 238 g/mol. The molecule has 5 heteroatoms. The lowest BCUT2D eigenvalue weighted by atomic mass is 10.1. The van der Waals surface area contributed by atoms with Gasteiger partial charge in [-0.2, -0.15) is 13.2 Å². The first-order valence-electron chi connectivity index (χ1n) is 6.04. The smallest absolute Gasteiger partial charge is 0.313 e. The molecule has 1 rings (SSSR count). The molecule has 1 fully saturated rings. The van der Waals surface area contributed by atoms with Crippen LogP contribution in [0.15, 0.2) is 0 Å². The van der Waals surface area contributed by atoms with E-state index in [-0.39, 0.29) is 6.42 Å². The predicted molar refractivity (Wildman–Crippen MR) is 58.4 cm³/mol. The zero-order chi connectivity index (χ0) is 12.0. The number of rotatable bonds is 5. The lowest BCUT2D eigenvalue weighted by Gasteiger charge is -2.33. The predicted octanol–water partition coefficient (Wildman–Crippen LogP) is 2.40. The van der Waals surface area contributed by atoms with Gasteiger partial charge in [-0.05, 0) is 38.9 Å². The molecule has 1 atom stereocenters. The summed E-state index contributed by atoms with van der Waals surface area (Å²) in [6, 6.07) is 0.463. The molecular weight excluding hydrogens is 217 g/mol. The fourth-order valence-corrected chi connectivity index (χ4v) is 2.22. The van der Waals surface area contributed by atoms with Gasteiger partial charge in [-0.25, -0.2) is 0 Å². The molecule has 0 aromatic carbocycles. The summed E-state index contributed by atoms with van der Waals surface area (Å²) in [5.74, 6) is 0. The van der Waals surface area contributed by atoms with Gasteiger partial charge < -0.3 is 10.2 Å². The Morgan fingerprint density at radius 3 is 2.75 bits per heavy atom. The Bertz CT molecular complexity index is 192. The van der Waals surface area contributed by atoms with E-state index >= 15 is 0 Å². The van der Waals surface area contributed by atoms with Crippen LogP contribution in [-0.4, -0.2) is 43.3 Å². The average molecular weight is 238 g/mol. The Hall–Kier alpha value is -0.290. The molecule has 1 unspecified atom stereocenters.